The highest BCUT2D eigenvalue weighted by atomic mass is 35.5. The third-order valence-electron chi connectivity index (χ3n) is 4.31. The zero-order valence-corrected chi connectivity index (χ0v) is 14.2. The van der Waals surface area contributed by atoms with Gasteiger partial charge in [0, 0.05) is 38.1 Å². The maximum Gasteiger partial charge on any atom is 0.153 e. The second-order valence-electron chi connectivity index (χ2n) is 5.83. The zero-order chi connectivity index (χ0) is 15.8. The van der Waals surface area contributed by atoms with Gasteiger partial charge in [0.15, 0.2) is 5.82 Å². The number of nitrogens with two attached hydrogens (primary N) is 1. The largest absolute Gasteiger partial charge is 0.382 e. The minimum atomic E-state index is 0.565. The SMILES string of the molecule is Nc1n[nH]c2cc(CN3CCN(c4ccc(Cl)s4)CC3)ccc12. The molecule has 0 radical (unpaired) electrons. The minimum Gasteiger partial charge on any atom is -0.382 e. The third kappa shape index (κ3) is 3.02. The van der Waals surface area contributed by atoms with Crippen molar-refractivity contribution in [3.8, 4) is 0 Å². The van der Waals surface area contributed by atoms with Gasteiger partial charge in [-0.3, -0.25) is 10.00 Å². The van der Waals surface area contributed by atoms with Crippen LogP contribution in [0.3, 0.4) is 0 Å². The first-order valence-corrected chi connectivity index (χ1v) is 8.83. The Morgan fingerprint density at radius 3 is 2.74 bits per heavy atom. The number of piperazine rings is 1. The summed E-state index contributed by atoms with van der Waals surface area (Å²) in [6.07, 6.45) is 0. The summed E-state index contributed by atoms with van der Waals surface area (Å²) in [4.78, 5) is 4.89. The van der Waals surface area contributed by atoms with E-state index >= 15 is 0 Å². The predicted molar refractivity (Wildman–Crippen MR) is 97.3 cm³/mol. The lowest BCUT2D eigenvalue weighted by molar-refractivity contribution is 0.250. The van der Waals surface area contributed by atoms with E-state index in [-0.39, 0.29) is 0 Å². The number of thiophene rings is 1. The first-order valence-electron chi connectivity index (χ1n) is 7.64. The molecule has 0 unspecified atom stereocenters. The first-order chi connectivity index (χ1) is 11.2. The Morgan fingerprint density at radius 2 is 2.00 bits per heavy atom. The standard InChI is InChI=1S/C16H18ClN5S/c17-14-3-4-15(23-14)22-7-5-21(6-8-22)10-11-1-2-12-13(9-11)19-20-16(12)18/h1-4,9H,5-8,10H2,(H3,18,19,20). The van der Waals surface area contributed by atoms with Crippen LogP contribution in [0.15, 0.2) is 30.3 Å². The summed E-state index contributed by atoms with van der Waals surface area (Å²) in [5.74, 6) is 0.565. The molecule has 0 amide bonds. The fraction of sp³-hybridized carbons (Fsp3) is 0.312. The summed E-state index contributed by atoms with van der Waals surface area (Å²) >= 11 is 7.68. The second kappa shape index (κ2) is 6.03. The van der Waals surface area contributed by atoms with Gasteiger partial charge in [0.05, 0.1) is 14.9 Å². The van der Waals surface area contributed by atoms with Crippen molar-refractivity contribution in [3.63, 3.8) is 0 Å². The number of halogens is 1. The van der Waals surface area contributed by atoms with Crippen LogP contribution in [0, 0.1) is 0 Å². The van der Waals surface area contributed by atoms with E-state index in [1.54, 1.807) is 11.3 Å². The van der Waals surface area contributed by atoms with E-state index in [1.165, 1.54) is 10.6 Å². The molecule has 7 heteroatoms. The molecule has 2 aromatic heterocycles. The van der Waals surface area contributed by atoms with Crippen LogP contribution in [0.2, 0.25) is 4.34 Å². The van der Waals surface area contributed by atoms with E-state index in [1.807, 2.05) is 12.1 Å². The fourth-order valence-corrected chi connectivity index (χ4v) is 4.13. The van der Waals surface area contributed by atoms with Crippen LogP contribution >= 0.6 is 22.9 Å². The Bertz CT molecular complexity index is 819. The Balaban J connectivity index is 1.40. The highest BCUT2D eigenvalue weighted by molar-refractivity contribution is 7.19. The van der Waals surface area contributed by atoms with Crippen LogP contribution in [0.1, 0.15) is 5.56 Å². The van der Waals surface area contributed by atoms with E-state index in [0.717, 1.165) is 48.0 Å². The molecule has 0 aliphatic carbocycles. The summed E-state index contributed by atoms with van der Waals surface area (Å²) in [5.41, 5.74) is 8.11. The van der Waals surface area contributed by atoms with Crippen molar-refractivity contribution in [1.82, 2.24) is 15.1 Å². The Labute approximate surface area is 143 Å². The second-order valence-corrected chi connectivity index (χ2v) is 7.52. The van der Waals surface area contributed by atoms with Crippen molar-refractivity contribution in [3.05, 3.63) is 40.2 Å². The van der Waals surface area contributed by atoms with Gasteiger partial charge in [-0.25, -0.2) is 0 Å². The smallest absolute Gasteiger partial charge is 0.153 e. The molecule has 1 aromatic carbocycles. The van der Waals surface area contributed by atoms with Gasteiger partial charge in [0.2, 0.25) is 0 Å². The average Bonchev–Trinajstić information content (AvgIpc) is 3.15. The van der Waals surface area contributed by atoms with E-state index < -0.39 is 0 Å². The van der Waals surface area contributed by atoms with Gasteiger partial charge >= 0.3 is 0 Å². The van der Waals surface area contributed by atoms with Crippen LogP contribution in [-0.2, 0) is 6.54 Å². The van der Waals surface area contributed by atoms with Crippen molar-refractivity contribution in [2.45, 2.75) is 6.54 Å². The Hall–Kier alpha value is -1.76. The van der Waals surface area contributed by atoms with E-state index in [9.17, 15) is 0 Å². The van der Waals surface area contributed by atoms with Crippen molar-refractivity contribution in [1.29, 1.82) is 0 Å². The normalized spacial score (nSPS) is 16.3. The topological polar surface area (TPSA) is 61.2 Å². The van der Waals surface area contributed by atoms with Crippen LogP contribution in [0.4, 0.5) is 10.8 Å². The molecular weight excluding hydrogens is 330 g/mol. The summed E-state index contributed by atoms with van der Waals surface area (Å²) in [7, 11) is 0. The summed E-state index contributed by atoms with van der Waals surface area (Å²) in [5, 5.41) is 9.30. The van der Waals surface area contributed by atoms with E-state index in [4.69, 9.17) is 17.3 Å². The number of nitrogens with one attached hydrogen (secondary N) is 1. The first kappa shape index (κ1) is 14.8. The highest BCUT2D eigenvalue weighted by Gasteiger charge is 2.18. The van der Waals surface area contributed by atoms with Gasteiger partial charge < -0.3 is 10.6 Å². The number of aromatic amines is 1. The number of fused-ring (bicyclic) bond motifs is 1. The average molecular weight is 348 g/mol. The molecule has 0 bridgehead atoms. The number of hydrogen-bond acceptors (Lipinski definition) is 5. The Morgan fingerprint density at radius 1 is 1.17 bits per heavy atom. The number of H-pyrrole nitrogens is 1. The number of hydrogen-bond donors (Lipinski definition) is 2. The molecule has 5 nitrogen and oxygen atoms in total. The summed E-state index contributed by atoms with van der Waals surface area (Å²) in [6, 6.07) is 10.4. The lowest BCUT2D eigenvalue weighted by Gasteiger charge is -2.35. The molecule has 0 atom stereocenters. The molecule has 1 saturated heterocycles. The number of nitrogens with zero attached hydrogens (tertiary/aromatic N) is 3. The van der Waals surface area contributed by atoms with Gasteiger partial charge in [-0.1, -0.05) is 17.7 Å². The lowest BCUT2D eigenvalue weighted by Crippen LogP contribution is -2.45. The maximum atomic E-state index is 6.03. The Kier molecular flexibility index (Phi) is 3.88. The number of rotatable bonds is 3. The number of nitrogen functional groups attached to an aromatic ring is 1. The molecule has 23 heavy (non-hydrogen) atoms. The number of anilines is 2. The van der Waals surface area contributed by atoms with Gasteiger partial charge in [-0.05, 0) is 29.8 Å². The van der Waals surface area contributed by atoms with E-state index in [0.29, 0.717) is 5.82 Å². The molecule has 0 saturated carbocycles. The van der Waals surface area contributed by atoms with Crippen LogP contribution in [0.25, 0.3) is 10.9 Å². The molecule has 1 aliphatic rings. The molecule has 120 valence electrons. The van der Waals surface area contributed by atoms with Crippen molar-refractivity contribution in [2.24, 2.45) is 0 Å². The predicted octanol–water partition coefficient (Wildman–Crippen LogP) is 3.18. The summed E-state index contributed by atoms with van der Waals surface area (Å²) < 4.78 is 0.856. The van der Waals surface area contributed by atoms with Crippen LogP contribution in [0.5, 0.6) is 0 Å². The van der Waals surface area contributed by atoms with Crippen LogP contribution in [-0.4, -0.2) is 41.3 Å². The lowest BCUT2D eigenvalue weighted by atomic mass is 10.1. The molecule has 0 spiro atoms. The van der Waals surface area contributed by atoms with Crippen LogP contribution < -0.4 is 10.6 Å². The molecule has 3 N–H and O–H groups in total. The van der Waals surface area contributed by atoms with Crippen molar-refractivity contribution >= 4 is 44.7 Å². The molecule has 4 rings (SSSR count). The van der Waals surface area contributed by atoms with Crippen molar-refractivity contribution in [2.75, 3.05) is 36.8 Å². The van der Waals surface area contributed by atoms with Gasteiger partial charge in [0.1, 0.15) is 0 Å². The molecule has 1 fully saturated rings. The minimum absolute atomic E-state index is 0.565. The molecule has 1 aliphatic heterocycles. The summed E-state index contributed by atoms with van der Waals surface area (Å²) in [6.45, 7) is 5.14. The van der Waals surface area contributed by atoms with Gasteiger partial charge in [0.25, 0.3) is 0 Å². The van der Waals surface area contributed by atoms with E-state index in [2.05, 4.69) is 38.2 Å². The maximum absolute atomic E-state index is 6.03. The highest BCUT2D eigenvalue weighted by Crippen LogP contribution is 2.30. The number of benzene rings is 1. The quantitative estimate of drug-likeness (QED) is 0.764. The van der Waals surface area contributed by atoms with Crippen molar-refractivity contribution < 1.29 is 0 Å². The van der Waals surface area contributed by atoms with Gasteiger partial charge in [-0.2, -0.15) is 5.10 Å². The molecular formula is C16H18ClN5S. The molecule has 3 aromatic rings. The zero-order valence-electron chi connectivity index (χ0n) is 12.6. The number of aromatic nitrogens is 2. The third-order valence-corrected chi connectivity index (χ3v) is 5.60. The monoisotopic (exact) mass is 347 g/mol. The van der Waals surface area contributed by atoms with Gasteiger partial charge in [-0.15, -0.1) is 11.3 Å². The molecule has 3 heterocycles. The fourth-order valence-electron chi connectivity index (χ4n) is 3.05.